The van der Waals surface area contributed by atoms with Gasteiger partial charge in [0.15, 0.2) is 5.65 Å². The summed E-state index contributed by atoms with van der Waals surface area (Å²) in [5, 5.41) is 8.52. The standard InChI is InChI=1S/C23H25N7O/c1-14-7-9-15(10-8-14)19-18-20(25)27-13-28-21(18)30(29-19)23(2,3)12-26-22(31)16-5-4-6-17(24)11-16/h4-11,13H,12,24H2,1-3H3,(H,26,31)(H2,25,27,28). The summed E-state index contributed by atoms with van der Waals surface area (Å²) in [6, 6.07) is 14.9. The molecule has 0 bridgehead atoms. The van der Waals surface area contributed by atoms with Crippen molar-refractivity contribution in [2.75, 3.05) is 18.0 Å². The van der Waals surface area contributed by atoms with Crippen LogP contribution in [-0.2, 0) is 5.54 Å². The number of nitrogens with one attached hydrogen (secondary N) is 1. The lowest BCUT2D eigenvalue weighted by molar-refractivity contribution is 0.0936. The lowest BCUT2D eigenvalue weighted by atomic mass is 10.1. The Morgan fingerprint density at radius 1 is 1.10 bits per heavy atom. The van der Waals surface area contributed by atoms with E-state index in [1.807, 2.05) is 45.0 Å². The zero-order valence-corrected chi connectivity index (χ0v) is 17.8. The van der Waals surface area contributed by atoms with Crippen LogP contribution in [0.5, 0.6) is 0 Å². The average molecular weight is 416 g/mol. The second-order valence-corrected chi connectivity index (χ2v) is 8.20. The maximum Gasteiger partial charge on any atom is 0.251 e. The van der Waals surface area contributed by atoms with E-state index in [2.05, 4.69) is 15.3 Å². The molecule has 0 atom stereocenters. The number of aryl methyl sites for hydroxylation is 1. The summed E-state index contributed by atoms with van der Waals surface area (Å²) < 4.78 is 1.80. The minimum absolute atomic E-state index is 0.204. The monoisotopic (exact) mass is 415 g/mol. The van der Waals surface area contributed by atoms with Crippen molar-refractivity contribution in [3.63, 3.8) is 0 Å². The van der Waals surface area contributed by atoms with Crippen LogP contribution >= 0.6 is 0 Å². The molecule has 0 spiro atoms. The minimum atomic E-state index is -0.585. The number of nitrogen functional groups attached to an aromatic ring is 2. The number of carbonyl (C=O) groups is 1. The van der Waals surface area contributed by atoms with E-state index in [-0.39, 0.29) is 5.91 Å². The third kappa shape index (κ3) is 3.92. The van der Waals surface area contributed by atoms with Crippen LogP contribution in [0, 0.1) is 6.92 Å². The number of hydrogen-bond acceptors (Lipinski definition) is 6. The van der Waals surface area contributed by atoms with E-state index >= 15 is 0 Å². The molecule has 31 heavy (non-hydrogen) atoms. The van der Waals surface area contributed by atoms with Gasteiger partial charge in [0.05, 0.1) is 10.9 Å². The van der Waals surface area contributed by atoms with Crippen LogP contribution in [0.25, 0.3) is 22.3 Å². The molecule has 0 unspecified atom stereocenters. The second-order valence-electron chi connectivity index (χ2n) is 8.20. The first-order chi connectivity index (χ1) is 14.8. The normalized spacial score (nSPS) is 11.6. The van der Waals surface area contributed by atoms with Gasteiger partial charge in [-0.05, 0) is 39.0 Å². The van der Waals surface area contributed by atoms with E-state index < -0.39 is 5.54 Å². The van der Waals surface area contributed by atoms with E-state index in [0.717, 1.165) is 11.1 Å². The van der Waals surface area contributed by atoms with Crippen molar-refractivity contribution < 1.29 is 4.79 Å². The van der Waals surface area contributed by atoms with Crippen LogP contribution in [-0.4, -0.2) is 32.2 Å². The van der Waals surface area contributed by atoms with Crippen molar-refractivity contribution in [1.29, 1.82) is 0 Å². The number of amides is 1. The topological polar surface area (TPSA) is 125 Å². The first-order valence-corrected chi connectivity index (χ1v) is 9.97. The molecule has 0 aliphatic heterocycles. The summed E-state index contributed by atoms with van der Waals surface area (Å²) >= 11 is 0. The number of anilines is 2. The van der Waals surface area contributed by atoms with Crippen molar-refractivity contribution in [3.8, 4) is 11.3 Å². The molecule has 4 aromatic rings. The number of fused-ring (bicyclic) bond motifs is 1. The predicted octanol–water partition coefficient (Wildman–Crippen LogP) is 3.13. The predicted molar refractivity (Wildman–Crippen MR) is 122 cm³/mol. The summed E-state index contributed by atoms with van der Waals surface area (Å²) in [6.45, 7) is 6.32. The Balaban J connectivity index is 1.70. The van der Waals surface area contributed by atoms with Crippen molar-refractivity contribution in [2.45, 2.75) is 26.3 Å². The first-order valence-electron chi connectivity index (χ1n) is 9.97. The maximum atomic E-state index is 12.6. The highest BCUT2D eigenvalue weighted by atomic mass is 16.1. The van der Waals surface area contributed by atoms with Gasteiger partial charge in [-0.25, -0.2) is 14.6 Å². The van der Waals surface area contributed by atoms with Crippen molar-refractivity contribution in [1.82, 2.24) is 25.1 Å². The van der Waals surface area contributed by atoms with Crippen LogP contribution in [0.4, 0.5) is 11.5 Å². The lowest BCUT2D eigenvalue weighted by Gasteiger charge is -2.26. The van der Waals surface area contributed by atoms with Gasteiger partial charge in [0.25, 0.3) is 5.91 Å². The Morgan fingerprint density at radius 3 is 2.55 bits per heavy atom. The van der Waals surface area contributed by atoms with Crippen LogP contribution in [0.15, 0.2) is 54.9 Å². The number of nitrogens with two attached hydrogens (primary N) is 2. The van der Waals surface area contributed by atoms with Gasteiger partial charge in [0.2, 0.25) is 0 Å². The Morgan fingerprint density at radius 2 is 1.84 bits per heavy atom. The van der Waals surface area contributed by atoms with Crippen molar-refractivity contribution >= 4 is 28.4 Å². The first kappa shape index (κ1) is 20.3. The summed E-state index contributed by atoms with van der Waals surface area (Å²) in [7, 11) is 0. The fraction of sp³-hybridized carbons (Fsp3) is 0.217. The summed E-state index contributed by atoms with van der Waals surface area (Å²) in [5.41, 5.74) is 15.9. The SMILES string of the molecule is Cc1ccc(-c2nn(C(C)(C)CNC(=O)c3cccc(N)c3)c3ncnc(N)c23)cc1. The molecule has 0 saturated carbocycles. The quantitative estimate of drug-likeness (QED) is 0.430. The maximum absolute atomic E-state index is 12.6. The van der Waals surface area contributed by atoms with Crippen LogP contribution in [0.3, 0.4) is 0 Å². The van der Waals surface area contributed by atoms with Crippen LogP contribution in [0.1, 0.15) is 29.8 Å². The smallest absolute Gasteiger partial charge is 0.251 e. The number of aromatic nitrogens is 4. The number of benzene rings is 2. The molecule has 5 N–H and O–H groups in total. The van der Waals surface area contributed by atoms with Crippen LogP contribution in [0.2, 0.25) is 0 Å². The van der Waals surface area contributed by atoms with E-state index in [1.165, 1.54) is 6.33 Å². The molecule has 0 radical (unpaired) electrons. The molecular formula is C23H25N7O. The Labute approximate surface area is 180 Å². The molecule has 2 heterocycles. The number of rotatable bonds is 5. The average Bonchev–Trinajstić information content (AvgIpc) is 3.15. The summed E-state index contributed by atoms with van der Waals surface area (Å²) in [6.07, 6.45) is 1.43. The lowest BCUT2D eigenvalue weighted by Crippen LogP contribution is -2.41. The Kier molecular flexibility index (Phi) is 5.06. The minimum Gasteiger partial charge on any atom is -0.399 e. The number of hydrogen-bond donors (Lipinski definition) is 3. The fourth-order valence-corrected chi connectivity index (χ4v) is 3.46. The highest BCUT2D eigenvalue weighted by Crippen LogP contribution is 2.33. The largest absolute Gasteiger partial charge is 0.399 e. The van der Waals surface area contributed by atoms with E-state index in [9.17, 15) is 4.79 Å². The van der Waals surface area contributed by atoms with Crippen molar-refractivity contribution in [3.05, 3.63) is 66.0 Å². The molecule has 0 aliphatic rings. The van der Waals surface area contributed by atoms with E-state index in [1.54, 1.807) is 28.9 Å². The second kappa shape index (κ2) is 7.71. The third-order valence-electron chi connectivity index (χ3n) is 5.22. The molecule has 0 saturated heterocycles. The van der Waals surface area contributed by atoms with Gasteiger partial charge in [-0.3, -0.25) is 4.79 Å². The zero-order valence-electron chi connectivity index (χ0n) is 17.8. The zero-order chi connectivity index (χ0) is 22.2. The van der Waals surface area contributed by atoms with Gasteiger partial charge in [-0.1, -0.05) is 35.9 Å². The molecule has 8 nitrogen and oxygen atoms in total. The molecule has 2 aromatic carbocycles. The van der Waals surface area contributed by atoms with Crippen LogP contribution < -0.4 is 16.8 Å². The highest BCUT2D eigenvalue weighted by Gasteiger charge is 2.28. The third-order valence-corrected chi connectivity index (χ3v) is 5.22. The fourth-order valence-electron chi connectivity index (χ4n) is 3.46. The molecular weight excluding hydrogens is 390 g/mol. The molecule has 2 aromatic heterocycles. The Bertz CT molecular complexity index is 1260. The summed E-state index contributed by atoms with van der Waals surface area (Å²) in [4.78, 5) is 21.2. The van der Waals surface area contributed by atoms with Gasteiger partial charge in [0, 0.05) is 23.4 Å². The molecule has 1 amide bonds. The Hall–Kier alpha value is -3.94. The molecule has 0 fully saturated rings. The molecule has 4 rings (SSSR count). The van der Waals surface area contributed by atoms with Gasteiger partial charge >= 0.3 is 0 Å². The van der Waals surface area contributed by atoms with E-state index in [0.29, 0.717) is 40.3 Å². The summed E-state index contributed by atoms with van der Waals surface area (Å²) in [5.74, 6) is 0.163. The molecule has 0 aliphatic carbocycles. The van der Waals surface area contributed by atoms with Crippen molar-refractivity contribution in [2.24, 2.45) is 0 Å². The highest BCUT2D eigenvalue weighted by molar-refractivity contribution is 5.98. The van der Waals surface area contributed by atoms with Gasteiger partial charge in [-0.2, -0.15) is 5.10 Å². The number of carbonyl (C=O) groups excluding carboxylic acids is 1. The molecule has 8 heteroatoms. The van der Waals surface area contributed by atoms with Gasteiger partial charge in [-0.15, -0.1) is 0 Å². The van der Waals surface area contributed by atoms with E-state index in [4.69, 9.17) is 16.6 Å². The van der Waals surface area contributed by atoms with Gasteiger partial charge in [0.1, 0.15) is 17.8 Å². The number of nitrogens with zero attached hydrogens (tertiary/aromatic N) is 4. The van der Waals surface area contributed by atoms with Gasteiger partial charge < -0.3 is 16.8 Å². The molecule has 158 valence electrons.